The molecular weight excluding hydrogens is 320 g/mol. The number of nitrogens with one attached hydrogen (secondary N) is 1. The summed E-state index contributed by atoms with van der Waals surface area (Å²) in [6, 6.07) is 10.6. The molecule has 1 amide bonds. The number of amides is 1. The van der Waals surface area contributed by atoms with Crippen molar-refractivity contribution in [2.45, 2.75) is 6.92 Å². The maximum atomic E-state index is 12.2. The Bertz CT molecular complexity index is 876. The number of rotatable bonds is 6. The zero-order valence-electron chi connectivity index (χ0n) is 13.9. The first-order valence-corrected chi connectivity index (χ1v) is 8.04. The lowest BCUT2D eigenvalue weighted by molar-refractivity contribution is 0.149. The summed E-state index contributed by atoms with van der Waals surface area (Å²) in [5.74, 6) is 1.67. The predicted molar refractivity (Wildman–Crippen MR) is 96.0 cm³/mol. The van der Waals surface area contributed by atoms with Crippen molar-refractivity contribution in [3.8, 4) is 11.5 Å². The molecule has 2 aromatic heterocycles. The van der Waals surface area contributed by atoms with E-state index in [1.165, 1.54) is 0 Å². The molecule has 0 bridgehead atoms. The van der Waals surface area contributed by atoms with E-state index in [1.54, 1.807) is 29.1 Å². The molecule has 0 unspecified atom stereocenters. The first kappa shape index (κ1) is 16.8. The number of hydrogen-bond donors (Lipinski definition) is 2. The van der Waals surface area contributed by atoms with Gasteiger partial charge in [-0.25, -0.2) is 9.78 Å². The average molecular weight is 340 g/mol. The number of benzene rings is 1. The summed E-state index contributed by atoms with van der Waals surface area (Å²) >= 11 is 0. The normalized spacial score (nSPS) is 10.8. The quantitative estimate of drug-likeness (QED) is 0.673. The van der Waals surface area contributed by atoms with Crippen LogP contribution in [0.2, 0.25) is 0 Å². The highest BCUT2D eigenvalue weighted by Crippen LogP contribution is 2.26. The average Bonchev–Trinajstić information content (AvgIpc) is 3.02. The van der Waals surface area contributed by atoms with Gasteiger partial charge in [0.2, 0.25) is 0 Å². The van der Waals surface area contributed by atoms with E-state index < -0.39 is 0 Å². The van der Waals surface area contributed by atoms with Crippen LogP contribution < -0.4 is 15.8 Å². The molecule has 0 saturated carbocycles. The number of hydrogen-bond acceptors (Lipinski definition) is 5. The summed E-state index contributed by atoms with van der Waals surface area (Å²) in [5.41, 5.74) is 6.45. The maximum Gasteiger partial charge on any atom is 0.326 e. The standard InChI is InChI=1S/C18H20N4O3/c1-2-24-10-8-21-18(23)22-9-6-13-11-14(3-4-16(13)22)25-15-5-7-20-17(19)12-15/h3-7,9,11-12H,2,8,10H2,1H3,(H2,19,20)(H,21,23). The monoisotopic (exact) mass is 340 g/mol. The van der Waals surface area contributed by atoms with Crippen molar-refractivity contribution in [2.24, 2.45) is 0 Å². The minimum atomic E-state index is -0.190. The van der Waals surface area contributed by atoms with Crippen LogP contribution in [0.1, 0.15) is 6.92 Å². The van der Waals surface area contributed by atoms with Gasteiger partial charge in [0.05, 0.1) is 12.1 Å². The van der Waals surface area contributed by atoms with Gasteiger partial charge in [0.25, 0.3) is 0 Å². The van der Waals surface area contributed by atoms with Gasteiger partial charge in [0.1, 0.15) is 17.3 Å². The van der Waals surface area contributed by atoms with Crippen molar-refractivity contribution in [2.75, 3.05) is 25.5 Å². The topological polar surface area (TPSA) is 91.4 Å². The second-order valence-corrected chi connectivity index (χ2v) is 5.35. The number of aromatic nitrogens is 2. The third-order valence-corrected chi connectivity index (χ3v) is 3.60. The zero-order valence-corrected chi connectivity index (χ0v) is 13.9. The molecule has 0 saturated heterocycles. The summed E-state index contributed by atoms with van der Waals surface area (Å²) in [4.78, 5) is 16.2. The molecule has 7 heteroatoms. The van der Waals surface area contributed by atoms with Gasteiger partial charge >= 0.3 is 6.03 Å². The molecule has 0 aliphatic rings. The summed E-state index contributed by atoms with van der Waals surface area (Å²) < 4.78 is 12.6. The van der Waals surface area contributed by atoms with E-state index in [0.29, 0.717) is 37.1 Å². The Labute approximate surface area is 145 Å². The van der Waals surface area contributed by atoms with Crippen molar-refractivity contribution in [3.63, 3.8) is 0 Å². The van der Waals surface area contributed by atoms with Crippen LogP contribution in [0.3, 0.4) is 0 Å². The fraction of sp³-hybridized carbons (Fsp3) is 0.222. The van der Waals surface area contributed by atoms with Crippen molar-refractivity contribution >= 4 is 22.8 Å². The van der Waals surface area contributed by atoms with E-state index in [2.05, 4.69) is 10.3 Å². The minimum Gasteiger partial charge on any atom is -0.457 e. The molecule has 3 N–H and O–H groups in total. The molecule has 7 nitrogen and oxygen atoms in total. The van der Waals surface area contributed by atoms with Crippen LogP contribution in [0.25, 0.3) is 10.9 Å². The fourth-order valence-corrected chi connectivity index (χ4v) is 2.45. The van der Waals surface area contributed by atoms with E-state index in [0.717, 1.165) is 10.9 Å². The number of carbonyl (C=O) groups excluding carboxylic acids is 1. The Balaban J connectivity index is 1.73. The highest BCUT2D eigenvalue weighted by molar-refractivity contribution is 5.92. The Hall–Kier alpha value is -3.06. The summed E-state index contributed by atoms with van der Waals surface area (Å²) in [7, 11) is 0. The molecule has 3 rings (SSSR count). The van der Waals surface area contributed by atoms with Crippen LogP contribution in [-0.2, 0) is 4.74 Å². The maximum absolute atomic E-state index is 12.2. The summed E-state index contributed by atoms with van der Waals surface area (Å²) in [5, 5.41) is 3.72. The largest absolute Gasteiger partial charge is 0.457 e. The lowest BCUT2D eigenvalue weighted by Crippen LogP contribution is -2.30. The molecule has 3 aromatic rings. The molecule has 0 aliphatic heterocycles. The molecule has 25 heavy (non-hydrogen) atoms. The predicted octanol–water partition coefficient (Wildman–Crippen LogP) is 3.01. The van der Waals surface area contributed by atoms with E-state index in [9.17, 15) is 4.79 Å². The van der Waals surface area contributed by atoms with Gasteiger partial charge in [-0.3, -0.25) is 4.57 Å². The van der Waals surface area contributed by atoms with Gasteiger partial charge < -0.3 is 20.5 Å². The Morgan fingerprint density at radius 1 is 1.24 bits per heavy atom. The van der Waals surface area contributed by atoms with Crippen LogP contribution in [0.15, 0.2) is 48.8 Å². The van der Waals surface area contributed by atoms with Crippen LogP contribution in [-0.4, -0.2) is 35.3 Å². The van der Waals surface area contributed by atoms with Gasteiger partial charge in [-0.1, -0.05) is 0 Å². The third kappa shape index (κ3) is 4.07. The van der Waals surface area contributed by atoms with Gasteiger partial charge in [-0.05, 0) is 37.3 Å². The summed E-state index contributed by atoms with van der Waals surface area (Å²) in [6.45, 7) is 3.51. The van der Waals surface area contributed by atoms with Crippen LogP contribution in [0, 0.1) is 0 Å². The van der Waals surface area contributed by atoms with Gasteiger partial charge in [0.15, 0.2) is 0 Å². The smallest absolute Gasteiger partial charge is 0.326 e. The minimum absolute atomic E-state index is 0.190. The molecular formula is C18H20N4O3. The van der Waals surface area contributed by atoms with Crippen molar-refractivity contribution < 1.29 is 14.3 Å². The second-order valence-electron chi connectivity index (χ2n) is 5.35. The fourth-order valence-electron chi connectivity index (χ4n) is 2.45. The Morgan fingerprint density at radius 3 is 2.88 bits per heavy atom. The lowest BCUT2D eigenvalue weighted by atomic mass is 10.2. The van der Waals surface area contributed by atoms with Gasteiger partial charge in [-0.15, -0.1) is 0 Å². The Morgan fingerprint density at radius 2 is 2.08 bits per heavy atom. The number of fused-ring (bicyclic) bond motifs is 1. The van der Waals surface area contributed by atoms with Gasteiger partial charge in [0, 0.05) is 37.0 Å². The molecule has 2 heterocycles. The van der Waals surface area contributed by atoms with Crippen LogP contribution >= 0.6 is 0 Å². The van der Waals surface area contributed by atoms with Crippen molar-refractivity contribution in [3.05, 3.63) is 48.8 Å². The number of nitrogen functional groups attached to an aromatic ring is 1. The molecule has 0 radical (unpaired) electrons. The van der Waals surface area contributed by atoms with Crippen LogP contribution in [0.5, 0.6) is 11.5 Å². The molecule has 0 fully saturated rings. The highest BCUT2D eigenvalue weighted by Gasteiger charge is 2.09. The number of anilines is 1. The highest BCUT2D eigenvalue weighted by atomic mass is 16.5. The van der Waals surface area contributed by atoms with Gasteiger partial charge in [-0.2, -0.15) is 0 Å². The van der Waals surface area contributed by atoms with E-state index in [4.69, 9.17) is 15.2 Å². The SMILES string of the molecule is CCOCCNC(=O)n1ccc2cc(Oc3ccnc(N)c3)ccc21. The van der Waals surface area contributed by atoms with Crippen molar-refractivity contribution in [1.29, 1.82) is 0 Å². The molecule has 130 valence electrons. The lowest BCUT2D eigenvalue weighted by Gasteiger charge is -2.08. The van der Waals surface area contributed by atoms with E-state index >= 15 is 0 Å². The number of ether oxygens (including phenoxy) is 2. The van der Waals surface area contributed by atoms with E-state index in [-0.39, 0.29) is 6.03 Å². The van der Waals surface area contributed by atoms with Crippen LogP contribution in [0.4, 0.5) is 10.6 Å². The number of pyridine rings is 1. The first-order valence-electron chi connectivity index (χ1n) is 8.04. The molecule has 0 atom stereocenters. The first-order chi connectivity index (χ1) is 12.2. The van der Waals surface area contributed by atoms with Crippen molar-refractivity contribution in [1.82, 2.24) is 14.9 Å². The zero-order chi connectivity index (χ0) is 17.6. The summed E-state index contributed by atoms with van der Waals surface area (Å²) in [6.07, 6.45) is 3.32. The molecule has 1 aromatic carbocycles. The molecule has 0 spiro atoms. The third-order valence-electron chi connectivity index (χ3n) is 3.60. The number of carbonyl (C=O) groups is 1. The number of nitrogens with two attached hydrogens (primary N) is 1. The second kappa shape index (κ2) is 7.67. The Kier molecular flexibility index (Phi) is 5.15. The molecule has 0 aliphatic carbocycles. The van der Waals surface area contributed by atoms with E-state index in [1.807, 2.05) is 31.2 Å². The number of nitrogens with zero attached hydrogens (tertiary/aromatic N) is 2.